The van der Waals surface area contributed by atoms with Gasteiger partial charge in [0, 0.05) is 0 Å². The Morgan fingerprint density at radius 2 is 2.36 bits per heavy atom. The molecule has 5 nitrogen and oxygen atoms in total. The minimum Gasteiger partial charge on any atom is -0.292 e. The molecule has 0 aliphatic carbocycles. The van der Waals surface area contributed by atoms with Gasteiger partial charge in [0.25, 0.3) is 0 Å². The monoisotopic (exact) mass is 151 g/mol. The van der Waals surface area contributed by atoms with Gasteiger partial charge in [-0.2, -0.15) is 0 Å². The largest absolute Gasteiger partial charge is 0.292 e. The third-order valence-corrected chi connectivity index (χ3v) is 1.49. The summed E-state index contributed by atoms with van der Waals surface area (Å²) in [6.45, 7) is 0. The predicted molar refractivity (Wildman–Crippen MR) is 35.5 cm³/mol. The number of fused-ring (bicyclic) bond motifs is 1. The molecular weight excluding hydrogens is 146 g/mol. The van der Waals surface area contributed by atoms with E-state index in [0.29, 0.717) is 5.69 Å². The number of Topliss-reactive ketones (excluding diaryl/α,β-unsaturated/α-hetero) is 1. The topological polar surface area (TPSA) is 64.0 Å². The molecule has 2 rings (SSSR count). The first-order valence-corrected chi connectivity index (χ1v) is 3.13. The fourth-order valence-electron chi connectivity index (χ4n) is 1.00. The molecule has 0 saturated carbocycles. The van der Waals surface area contributed by atoms with Crippen LogP contribution in [0.4, 0.5) is 0 Å². The van der Waals surface area contributed by atoms with Crippen LogP contribution in [0.2, 0.25) is 0 Å². The summed E-state index contributed by atoms with van der Waals surface area (Å²) < 4.78 is 1.33. The predicted octanol–water partition coefficient (Wildman–Crippen LogP) is -0.460. The molecule has 0 bridgehead atoms. The first-order valence-electron chi connectivity index (χ1n) is 3.13. The minimum absolute atomic E-state index is 0.0777. The Bertz CT molecular complexity index is 328. The van der Waals surface area contributed by atoms with Crippen LogP contribution in [-0.4, -0.2) is 21.4 Å². The molecule has 5 heteroatoms. The molecule has 11 heavy (non-hydrogen) atoms. The normalized spacial score (nSPS) is 16.0. The smallest absolute Gasteiger partial charge is 0.246 e. The molecule has 1 aliphatic rings. The third kappa shape index (κ3) is 0.813. The summed E-state index contributed by atoms with van der Waals surface area (Å²) >= 11 is 0. The van der Waals surface area contributed by atoms with Crippen molar-refractivity contribution in [2.75, 3.05) is 5.43 Å². The van der Waals surface area contributed by atoms with Gasteiger partial charge in [0.1, 0.15) is 12.0 Å². The van der Waals surface area contributed by atoms with Gasteiger partial charge in [-0.3, -0.25) is 15.0 Å². The highest BCUT2D eigenvalue weighted by atomic mass is 16.2. The molecule has 1 N–H and O–H groups in total. The first-order chi connectivity index (χ1) is 5.27. The van der Waals surface area contributed by atoms with E-state index in [9.17, 15) is 9.59 Å². The van der Waals surface area contributed by atoms with Crippen molar-refractivity contribution < 1.29 is 9.59 Å². The third-order valence-electron chi connectivity index (χ3n) is 1.49. The van der Waals surface area contributed by atoms with Gasteiger partial charge in [-0.05, 0) is 0 Å². The summed E-state index contributed by atoms with van der Waals surface area (Å²) in [5.41, 5.74) is 2.90. The Morgan fingerprint density at radius 3 is 3.18 bits per heavy atom. The van der Waals surface area contributed by atoms with Gasteiger partial charge in [0.15, 0.2) is 5.78 Å². The number of aromatic nitrogens is 2. The number of carbonyl (C=O) groups excluding carboxylic acids is 2. The fraction of sp³-hybridized carbons (Fsp3) is 0.167. The van der Waals surface area contributed by atoms with Gasteiger partial charge in [-0.1, -0.05) is 0 Å². The lowest BCUT2D eigenvalue weighted by Crippen LogP contribution is -2.32. The zero-order valence-electron chi connectivity index (χ0n) is 5.57. The molecule has 0 unspecified atom stereocenters. The maximum atomic E-state index is 11.0. The summed E-state index contributed by atoms with van der Waals surface area (Å²) in [5.74, 6) is -0.480. The Kier molecular flexibility index (Phi) is 1.06. The molecule has 0 spiro atoms. The molecular formula is C6H5N3O2. The summed E-state index contributed by atoms with van der Waals surface area (Å²) in [4.78, 5) is 25.5. The maximum Gasteiger partial charge on any atom is 0.246 e. The lowest BCUT2D eigenvalue weighted by atomic mass is 10.2. The van der Waals surface area contributed by atoms with Gasteiger partial charge in [-0.15, -0.1) is 0 Å². The molecule has 1 amide bonds. The number of amides is 1. The SMILES string of the molecule is O=C1CC(=O)c2cncn2N1. The van der Waals surface area contributed by atoms with E-state index >= 15 is 0 Å². The van der Waals surface area contributed by atoms with E-state index < -0.39 is 0 Å². The second kappa shape index (κ2) is 1.91. The van der Waals surface area contributed by atoms with Gasteiger partial charge in [0.2, 0.25) is 5.91 Å². The standard InChI is InChI=1S/C6H5N3O2/c10-5-1-6(11)8-9-3-7-2-4(5)9/h2-3H,1H2,(H,8,11). The van der Waals surface area contributed by atoms with Crippen molar-refractivity contribution in [3.63, 3.8) is 0 Å². The van der Waals surface area contributed by atoms with Crippen LogP contribution >= 0.6 is 0 Å². The molecule has 56 valence electrons. The number of carbonyl (C=O) groups is 2. The Labute approximate surface area is 62.0 Å². The second-order valence-electron chi connectivity index (χ2n) is 2.28. The van der Waals surface area contributed by atoms with Crippen molar-refractivity contribution in [1.29, 1.82) is 0 Å². The second-order valence-corrected chi connectivity index (χ2v) is 2.28. The molecule has 0 atom stereocenters. The lowest BCUT2D eigenvalue weighted by Gasteiger charge is -2.12. The fourth-order valence-corrected chi connectivity index (χ4v) is 1.00. The maximum absolute atomic E-state index is 11.0. The average Bonchev–Trinajstić information content (AvgIpc) is 2.34. The number of ketones is 1. The lowest BCUT2D eigenvalue weighted by molar-refractivity contribution is -0.116. The number of hydrogen-bond acceptors (Lipinski definition) is 3. The van der Waals surface area contributed by atoms with Crippen LogP contribution in [0.3, 0.4) is 0 Å². The number of imidazole rings is 1. The van der Waals surface area contributed by atoms with Crippen LogP contribution in [0.5, 0.6) is 0 Å². The number of rotatable bonds is 0. The molecule has 1 aromatic rings. The highest BCUT2D eigenvalue weighted by Gasteiger charge is 2.21. The van der Waals surface area contributed by atoms with E-state index in [4.69, 9.17) is 0 Å². The molecule has 0 saturated heterocycles. The summed E-state index contributed by atoms with van der Waals surface area (Å²) in [7, 11) is 0. The van der Waals surface area contributed by atoms with Crippen LogP contribution in [0.1, 0.15) is 16.9 Å². The molecule has 1 aromatic heterocycles. The number of nitrogens with one attached hydrogen (secondary N) is 1. The molecule has 0 fully saturated rings. The Morgan fingerprint density at radius 1 is 1.55 bits per heavy atom. The van der Waals surface area contributed by atoms with Crippen LogP contribution in [0.25, 0.3) is 0 Å². The zero-order valence-corrected chi connectivity index (χ0v) is 5.57. The van der Waals surface area contributed by atoms with Crippen LogP contribution in [0, 0.1) is 0 Å². The van der Waals surface area contributed by atoms with Crippen molar-refractivity contribution in [2.24, 2.45) is 0 Å². The molecule has 0 radical (unpaired) electrons. The molecule has 0 aromatic carbocycles. The molecule has 1 aliphatic heterocycles. The van der Waals surface area contributed by atoms with Crippen LogP contribution < -0.4 is 5.43 Å². The minimum atomic E-state index is -0.291. The van der Waals surface area contributed by atoms with E-state index in [1.807, 2.05) is 0 Å². The van der Waals surface area contributed by atoms with Crippen LogP contribution in [0.15, 0.2) is 12.5 Å². The number of nitrogens with zero attached hydrogens (tertiary/aromatic N) is 2. The van der Waals surface area contributed by atoms with Crippen molar-refractivity contribution in [1.82, 2.24) is 9.66 Å². The summed E-state index contributed by atoms with van der Waals surface area (Å²) in [6, 6.07) is 0. The number of hydrogen-bond donors (Lipinski definition) is 1. The van der Waals surface area contributed by atoms with E-state index in [0.717, 1.165) is 0 Å². The van der Waals surface area contributed by atoms with E-state index in [1.54, 1.807) is 0 Å². The Balaban J connectivity index is 2.52. The van der Waals surface area contributed by atoms with E-state index in [2.05, 4.69) is 10.4 Å². The average molecular weight is 151 g/mol. The van der Waals surface area contributed by atoms with Gasteiger partial charge in [0.05, 0.1) is 12.6 Å². The van der Waals surface area contributed by atoms with E-state index in [-0.39, 0.29) is 18.1 Å². The molecule has 2 heterocycles. The van der Waals surface area contributed by atoms with Gasteiger partial charge in [-0.25, -0.2) is 9.66 Å². The highest BCUT2D eigenvalue weighted by Crippen LogP contribution is 2.06. The van der Waals surface area contributed by atoms with Gasteiger partial charge < -0.3 is 0 Å². The summed E-state index contributed by atoms with van der Waals surface area (Å²) in [6.07, 6.45) is 2.75. The van der Waals surface area contributed by atoms with Crippen molar-refractivity contribution in [3.05, 3.63) is 18.2 Å². The van der Waals surface area contributed by atoms with Crippen molar-refractivity contribution in [2.45, 2.75) is 6.42 Å². The van der Waals surface area contributed by atoms with E-state index in [1.165, 1.54) is 17.2 Å². The highest BCUT2D eigenvalue weighted by molar-refractivity contribution is 6.11. The first kappa shape index (κ1) is 6.09. The van der Waals surface area contributed by atoms with Crippen molar-refractivity contribution in [3.8, 4) is 0 Å². The quantitative estimate of drug-likeness (QED) is 0.510. The van der Waals surface area contributed by atoms with Gasteiger partial charge >= 0.3 is 0 Å². The van der Waals surface area contributed by atoms with Crippen molar-refractivity contribution >= 4 is 11.7 Å². The zero-order chi connectivity index (χ0) is 7.84. The Hall–Kier alpha value is -1.65. The van der Waals surface area contributed by atoms with Crippen LogP contribution in [-0.2, 0) is 4.79 Å². The summed E-state index contributed by atoms with van der Waals surface area (Å²) in [5, 5.41) is 0.